The monoisotopic (exact) mass is 543 g/mol. The second kappa shape index (κ2) is 10.7. The van der Waals surface area contributed by atoms with Gasteiger partial charge in [-0.25, -0.2) is 0 Å². The maximum absolute atomic E-state index is 13.3. The Balaban J connectivity index is 1.38. The van der Waals surface area contributed by atoms with Gasteiger partial charge in [0.2, 0.25) is 5.91 Å². The van der Waals surface area contributed by atoms with Crippen LogP contribution in [-0.4, -0.2) is 58.3 Å². The third-order valence-corrected chi connectivity index (χ3v) is 8.06. The van der Waals surface area contributed by atoms with Crippen molar-refractivity contribution in [2.45, 2.75) is 38.0 Å². The summed E-state index contributed by atoms with van der Waals surface area (Å²) >= 11 is 0. The van der Waals surface area contributed by atoms with Crippen LogP contribution in [-0.2, 0) is 28.2 Å². The molecule has 0 aliphatic carbocycles. The van der Waals surface area contributed by atoms with E-state index in [1.807, 2.05) is 24.3 Å². The molecule has 0 radical (unpaired) electrons. The highest BCUT2D eigenvalue weighted by Gasteiger charge is 2.51. The minimum Gasteiger partial charge on any atom is -0.491 e. The van der Waals surface area contributed by atoms with Crippen molar-refractivity contribution in [1.29, 1.82) is 0 Å². The summed E-state index contributed by atoms with van der Waals surface area (Å²) in [6.45, 7) is 2.02. The molecule has 0 unspecified atom stereocenters. The van der Waals surface area contributed by atoms with Crippen molar-refractivity contribution in [3.8, 4) is 11.4 Å². The van der Waals surface area contributed by atoms with Gasteiger partial charge in [0.25, 0.3) is 11.5 Å². The Kier molecular flexibility index (Phi) is 7.35. The number of carbonyl (C=O) groups is 2. The average molecular weight is 544 g/mol. The Morgan fingerprint density at radius 1 is 1.15 bits per heavy atom. The number of fused-ring (bicyclic) bond motifs is 2. The Morgan fingerprint density at radius 2 is 1.90 bits per heavy atom. The fourth-order valence-electron chi connectivity index (χ4n) is 5.70. The zero-order valence-electron chi connectivity index (χ0n) is 22.8. The first-order chi connectivity index (χ1) is 19.2. The standard InChI is InChI=1S/C31H33N3O6/c1-20(8-6-12-28(36)34-18-22-10-5-4-9-21(22)16-24(34)19-35)31(39)25-17-23(13-14-26(25)32(2)30(31)38)33-15-7-11-27(40-3)29(33)37/h4-11,13-15,17,20,24,35,39H,12,16,18-19H2,1-3H3/b8-6+/t20-,24+,31+/m1/s1. The number of nitrogens with zero attached hydrogens (tertiary/aromatic N) is 3. The van der Waals surface area contributed by atoms with E-state index in [2.05, 4.69) is 0 Å². The number of aliphatic hydroxyl groups is 2. The lowest BCUT2D eigenvalue weighted by atomic mass is 9.82. The molecule has 2 amide bonds. The van der Waals surface area contributed by atoms with Crippen molar-refractivity contribution in [3.05, 3.63) is 100.0 Å². The first kappa shape index (κ1) is 27.4. The van der Waals surface area contributed by atoms with Gasteiger partial charge in [-0.3, -0.25) is 19.0 Å². The molecule has 0 saturated heterocycles. The Bertz CT molecular complexity index is 1550. The lowest BCUT2D eigenvalue weighted by Crippen LogP contribution is -2.46. The molecule has 2 aliphatic heterocycles. The second-order valence-electron chi connectivity index (χ2n) is 10.3. The number of rotatable bonds is 7. The summed E-state index contributed by atoms with van der Waals surface area (Å²) in [4.78, 5) is 42.4. The predicted octanol–water partition coefficient (Wildman–Crippen LogP) is 2.54. The van der Waals surface area contributed by atoms with Crippen LogP contribution in [0.4, 0.5) is 5.69 Å². The van der Waals surface area contributed by atoms with E-state index in [0.29, 0.717) is 29.9 Å². The van der Waals surface area contributed by atoms with E-state index in [-0.39, 0.29) is 36.3 Å². The normalized spacial score (nSPS) is 20.9. The van der Waals surface area contributed by atoms with Crippen LogP contribution in [0.2, 0.25) is 0 Å². The molecule has 0 spiro atoms. The number of aliphatic hydroxyl groups excluding tert-OH is 1. The first-order valence-corrected chi connectivity index (χ1v) is 13.3. The molecule has 2 N–H and O–H groups in total. The Hall–Kier alpha value is -4.21. The molecule has 1 aromatic heterocycles. The van der Waals surface area contributed by atoms with Gasteiger partial charge in [0, 0.05) is 43.4 Å². The van der Waals surface area contributed by atoms with Crippen molar-refractivity contribution < 1.29 is 24.5 Å². The van der Waals surface area contributed by atoms with Gasteiger partial charge in [-0.1, -0.05) is 43.3 Å². The second-order valence-corrected chi connectivity index (χ2v) is 10.3. The summed E-state index contributed by atoms with van der Waals surface area (Å²) in [5.74, 6) is -1.13. The number of hydrogen-bond acceptors (Lipinski definition) is 6. The van der Waals surface area contributed by atoms with Crippen molar-refractivity contribution in [2.75, 3.05) is 25.7 Å². The maximum Gasteiger partial charge on any atom is 0.297 e. The molecular weight excluding hydrogens is 510 g/mol. The third-order valence-electron chi connectivity index (χ3n) is 8.06. The molecule has 0 saturated carbocycles. The molecular formula is C31H33N3O6. The number of methoxy groups -OCH3 is 1. The van der Waals surface area contributed by atoms with Gasteiger partial charge < -0.3 is 24.7 Å². The molecule has 3 atom stereocenters. The molecule has 5 rings (SSSR count). The summed E-state index contributed by atoms with van der Waals surface area (Å²) in [6, 6.07) is 15.9. The summed E-state index contributed by atoms with van der Waals surface area (Å²) < 4.78 is 6.55. The van der Waals surface area contributed by atoms with Crippen molar-refractivity contribution in [2.24, 2.45) is 5.92 Å². The van der Waals surface area contributed by atoms with Gasteiger partial charge >= 0.3 is 0 Å². The molecule has 3 heterocycles. The van der Waals surface area contributed by atoms with Gasteiger partial charge in [-0.15, -0.1) is 0 Å². The van der Waals surface area contributed by atoms with Crippen LogP contribution in [0.15, 0.2) is 77.7 Å². The van der Waals surface area contributed by atoms with Crippen LogP contribution in [0.5, 0.6) is 5.75 Å². The summed E-state index contributed by atoms with van der Waals surface area (Å²) in [6.07, 6.45) is 5.60. The molecule has 3 aromatic rings. The lowest BCUT2D eigenvalue weighted by Gasteiger charge is -2.36. The zero-order chi connectivity index (χ0) is 28.6. The summed E-state index contributed by atoms with van der Waals surface area (Å²) in [5, 5.41) is 21.7. The number of carbonyl (C=O) groups excluding carboxylic acids is 2. The first-order valence-electron chi connectivity index (χ1n) is 13.3. The van der Waals surface area contributed by atoms with E-state index in [1.165, 1.54) is 16.6 Å². The molecule has 0 bridgehead atoms. The van der Waals surface area contributed by atoms with Crippen molar-refractivity contribution in [1.82, 2.24) is 9.47 Å². The molecule has 2 aromatic carbocycles. The van der Waals surface area contributed by atoms with Gasteiger partial charge in [0.15, 0.2) is 11.4 Å². The molecule has 208 valence electrons. The Morgan fingerprint density at radius 3 is 2.62 bits per heavy atom. The maximum atomic E-state index is 13.3. The molecule has 9 nitrogen and oxygen atoms in total. The number of hydrogen-bond donors (Lipinski definition) is 2. The highest BCUT2D eigenvalue weighted by atomic mass is 16.5. The van der Waals surface area contributed by atoms with E-state index >= 15 is 0 Å². The number of likely N-dealkylation sites (N-methyl/N-ethyl adjacent to an activating group) is 1. The lowest BCUT2D eigenvalue weighted by molar-refractivity contribution is -0.139. The van der Waals surface area contributed by atoms with Gasteiger partial charge in [-0.2, -0.15) is 0 Å². The quantitative estimate of drug-likeness (QED) is 0.443. The van der Waals surface area contributed by atoms with Crippen LogP contribution in [0.25, 0.3) is 5.69 Å². The molecule has 9 heteroatoms. The smallest absolute Gasteiger partial charge is 0.297 e. The predicted molar refractivity (Wildman–Crippen MR) is 150 cm³/mol. The van der Waals surface area contributed by atoms with E-state index < -0.39 is 17.4 Å². The van der Waals surface area contributed by atoms with E-state index in [1.54, 1.807) is 67.6 Å². The van der Waals surface area contributed by atoms with Crippen LogP contribution in [0.1, 0.15) is 30.0 Å². The highest BCUT2D eigenvalue weighted by Crippen LogP contribution is 2.45. The Labute approximate surface area is 232 Å². The number of aromatic nitrogens is 1. The number of amides is 2. The van der Waals surface area contributed by atoms with E-state index in [9.17, 15) is 24.6 Å². The summed E-state index contributed by atoms with van der Waals surface area (Å²) in [7, 11) is 3.02. The number of pyridine rings is 1. The molecule has 0 fully saturated rings. The van der Waals surface area contributed by atoms with Crippen LogP contribution in [0.3, 0.4) is 0 Å². The van der Waals surface area contributed by atoms with Crippen molar-refractivity contribution >= 4 is 17.5 Å². The van der Waals surface area contributed by atoms with E-state index in [0.717, 1.165) is 11.1 Å². The van der Waals surface area contributed by atoms with Crippen LogP contribution < -0.4 is 15.2 Å². The SMILES string of the molecule is COc1cccn(-c2ccc3c(c2)[C@@](O)([C@H](C)/C=C/CC(=O)N2Cc4ccccc4C[C@H]2CO)C(=O)N3C)c1=O. The number of benzene rings is 2. The van der Waals surface area contributed by atoms with Gasteiger partial charge in [0.1, 0.15) is 0 Å². The van der Waals surface area contributed by atoms with Crippen LogP contribution >= 0.6 is 0 Å². The topological polar surface area (TPSA) is 112 Å². The van der Waals surface area contributed by atoms with Crippen molar-refractivity contribution in [3.63, 3.8) is 0 Å². The number of anilines is 1. The fraction of sp³-hybridized carbons (Fsp3) is 0.323. The van der Waals surface area contributed by atoms with Gasteiger partial charge in [-0.05, 0) is 47.9 Å². The zero-order valence-corrected chi connectivity index (χ0v) is 22.8. The molecule has 2 aliphatic rings. The van der Waals surface area contributed by atoms with Crippen LogP contribution in [0, 0.1) is 5.92 Å². The summed E-state index contributed by atoms with van der Waals surface area (Å²) in [5.41, 5.74) is 1.35. The van der Waals surface area contributed by atoms with E-state index in [4.69, 9.17) is 4.74 Å². The fourth-order valence-corrected chi connectivity index (χ4v) is 5.70. The average Bonchev–Trinajstić information content (AvgIpc) is 3.17. The highest BCUT2D eigenvalue weighted by molar-refractivity contribution is 6.07. The molecule has 40 heavy (non-hydrogen) atoms. The minimum absolute atomic E-state index is 0.0647. The third kappa shape index (κ3) is 4.51. The van der Waals surface area contributed by atoms with Gasteiger partial charge in [0.05, 0.1) is 25.4 Å². The number of ether oxygens (including phenoxy) is 1. The largest absolute Gasteiger partial charge is 0.491 e. The minimum atomic E-state index is -1.89.